The first-order valence-electron chi connectivity index (χ1n) is 6.49. The van der Waals surface area contributed by atoms with Crippen molar-refractivity contribution in [2.24, 2.45) is 0 Å². The van der Waals surface area contributed by atoms with Gasteiger partial charge in [0.1, 0.15) is 11.3 Å². The van der Waals surface area contributed by atoms with Gasteiger partial charge in [-0.25, -0.2) is 0 Å². The lowest BCUT2D eigenvalue weighted by Crippen LogP contribution is -2.18. The van der Waals surface area contributed by atoms with Gasteiger partial charge in [-0.2, -0.15) is 0 Å². The molecule has 0 aliphatic rings. The lowest BCUT2D eigenvalue weighted by atomic mass is 10.1. The van der Waals surface area contributed by atoms with Crippen LogP contribution in [0.4, 0.5) is 0 Å². The summed E-state index contributed by atoms with van der Waals surface area (Å²) < 4.78 is 11.1. The topological polar surface area (TPSA) is 42.7 Å². The first-order chi connectivity index (χ1) is 9.61. The minimum atomic E-state index is 0.00672. The molecule has 0 radical (unpaired) electrons. The smallest absolute Gasteiger partial charge is 0.197 e. The predicted octanol–water partition coefficient (Wildman–Crippen LogP) is 2.86. The zero-order valence-corrected chi connectivity index (χ0v) is 12.4. The van der Waals surface area contributed by atoms with Crippen molar-refractivity contribution in [3.8, 4) is 5.75 Å². The van der Waals surface area contributed by atoms with Crippen molar-refractivity contribution in [3.63, 3.8) is 0 Å². The van der Waals surface area contributed by atoms with E-state index >= 15 is 0 Å². The number of halogens is 1. The zero-order valence-electron chi connectivity index (χ0n) is 11.7. The van der Waals surface area contributed by atoms with Crippen molar-refractivity contribution in [2.75, 3.05) is 26.6 Å². The van der Waals surface area contributed by atoms with Crippen LogP contribution in [0.5, 0.6) is 5.75 Å². The summed E-state index contributed by atoms with van der Waals surface area (Å²) in [6.45, 7) is 1.12. The highest BCUT2D eigenvalue weighted by molar-refractivity contribution is 6.17. The molecule has 2 rings (SSSR count). The molecule has 108 valence electrons. The first-order valence-corrected chi connectivity index (χ1v) is 7.03. The van der Waals surface area contributed by atoms with Crippen LogP contribution in [0.3, 0.4) is 0 Å². The van der Waals surface area contributed by atoms with Crippen molar-refractivity contribution in [3.05, 3.63) is 40.2 Å². The van der Waals surface area contributed by atoms with Gasteiger partial charge in [0.25, 0.3) is 0 Å². The van der Waals surface area contributed by atoms with Crippen LogP contribution in [-0.4, -0.2) is 31.5 Å². The van der Waals surface area contributed by atoms with E-state index in [-0.39, 0.29) is 5.43 Å². The van der Waals surface area contributed by atoms with Crippen molar-refractivity contribution >= 4 is 22.6 Å². The Balaban J connectivity index is 2.29. The highest BCUT2D eigenvalue weighted by Crippen LogP contribution is 2.19. The third-order valence-electron chi connectivity index (χ3n) is 2.85. The first kappa shape index (κ1) is 14.9. The van der Waals surface area contributed by atoms with E-state index < -0.39 is 0 Å². The van der Waals surface area contributed by atoms with Gasteiger partial charge in [0.2, 0.25) is 0 Å². The molecule has 1 aromatic heterocycles. The second-order valence-corrected chi connectivity index (χ2v) is 5.25. The van der Waals surface area contributed by atoms with E-state index in [2.05, 4.69) is 0 Å². The van der Waals surface area contributed by atoms with Crippen molar-refractivity contribution in [1.82, 2.24) is 4.90 Å². The third kappa shape index (κ3) is 3.52. The van der Waals surface area contributed by atoms with Crippen molar-refractivity contribution in [1.29, 1.82) is 0 Å². The van der Waals surface area contributed by atoms with Crippen molar-refractivity contribution in [2.45, 2.75) is 13.0 Å². The van der Waals surface area contributed by atoms with Crippen LogP contribution < -0.4 is 10.2 Å². The van der Waals surface area contributed by atoms with Gasteiger partial charge in [-0.1, -0.05) is 0 Å². The van der Waals surface area contributed by atoms with Gasteiger partial charge in [0.05, 0.1) is 18.3 Å². The number of hydrogen-bond acceptors (Lipinski definition) is 4. The van der Waals surface area contributed by atoms with Crippen LogP contribution in [0.1, 0.15) is 12.0 Å². The minimum Gasteiger partial charge on any atom is -0.493 e. The Labute approximate surface area is 122 Å². The van der Waals surface area contributed by atoms with Gasteiger partial charge in [0.15, 0.2) is 5.43 Å². The standard InChI is InChI=1S/C15H18ClNO3/c1-17(2)9-11-10-20-14-8-12(19-7-3-6-16)4-5-13(14)15(11)18/h4-5,8,10H,3,6-7,9H2,1-2H3. The largest absolute Gasteiger partial charge is 0.493 e. The molecule has 0 unspecified atom stereocenters. The van der Waals surface area contributed by atoms with E-state index in [9.17, 15) is 4.79 Å². The van der Waals surface area contributed by atoms with Gasteiger partial charge in [-0.3, -0.25) is 4.79 Å². The van der Waals surface area contributed by atoms with Gasteiger partial charge in [0, 0.05) is 24.1 Å². The molecule has 0 spiro atoms. The van der Waals surface area contributed by atoms with E-state index in [1.165, 1.54) is 6.26 Å². The highest BCUT2D eigenvalue weighted by Gasteiger charge is 2.08. The van der Waals surface area contributed by atoms with E-state index in [0.717, 1.165) is 6.42 Å². The van der Waals surface area contributed by atoms with Gasteiger partial charge < -0.3 is 14.1 Å². The van der Waals surface area contributed by atoms with E-state index in [1.54, 1.807) is 18.2 Å². The molecule has 0 bridgehead atoms. The van der Waals surface area contributed by atoms with Crippen LogP contribution in [0.25, 0.3) is 11.0 Å². The lowest BCUT2D eigenvalue weighted by molar-refractivity contribution is 0.318. The summed E-state index contributed by atoms with van der Waals surface area (Å²) in [7, 11) is 3.83. The molecule has 0 saturated carbocycles. The molecule has 0 aliphatic heterocycles. The molecule has 0 fully saturated rings. The normalized spacial score (nSPS) is 11.2. The quantitative estimate of drug-likeness (QED) is 0.607. The Morgan fingerprint density at radius 1 is 1.35 bits per heavy atom. The van der Waals surface area contributed by atoms with Crippen LogP contribution >= 0.6 is 11.6 Å². The van der Waals surface area contributed by atoms with Crippen LogP contribution in [0, 0.1) is 0 Å². The second kappa shape index (κ2) is 6.77. The number of benzene rings is 1. The summed E-state index contributed by atoms with van der Waals surface area (Å²) in [6, 6.07) is 5.27. The number of alkyl halides is 1. The molecule has 0 saturated heterocycles. The average molecular weight is 296 g/mol. The number of ether oxygens (including phenoxy) is 1. The summed E-state index contributed by atoms with van der Waals surface area (Å²) >= 11 is 5.60. The maximum Gasteiger partial charge on any atom is 0.197 e. The SMILES string of the molecule is CN(C)Cc1coc2cc(OCCCCl)ccc2c1=O. The summed E-state index contributed by atoms with van der Waals surface area (Å²) in [5, 5.41) is 0.578. The van der Waals surface area contributed by atoms with E-state index in [0.29, 0.717) is 41.3 Å². The molecule has 0 aliphatic carbocycles. The Kier molecular flexibility index (Phi) is 5.04. The Hall–Kier alpha value is -1.52. The van der Waals surface area contributed by atoms with Crippen LogP contribution in [-0.2, 0) is 6.54 Å². The number of fused-ring (bicyclic) bond motifs is 1. The Morgan fingerprint density at radius 3 is 2.85 bits per heavy atom. The van der Waals surface area contributed by atoms with Gasteiger partial charge in [-0.15, -0.1) is 11.6 Å². The predicted molar refractivity (Wildman–Crippen MR) is 80.7 cm³/mol. The molecule has 20 heavy (non-hydrogen) atoms. The number of hydrogen-bond donors (Lipinski definition) is 0. The molecule has 1 aromatic carbocycles. The average Bonchev–Trinajstić information content (AvgIpc) is 2.42. The maximum atomic E-state index is 12.3. The molecule has 4 nitrogen and oxygen atoms in total. The van der Waals surface area contributed by atoms with Gasteiger partial charge >= 0.3 is 0 Å². The molecule has 5 heteroatoms. The van der Waals surface area contributed by atoms with Crippen LogP contribution in [0.2, 0.25) is 0 Å². The third-order valence-corrected chi connectivity index (χ3v) is 3.12. The minimum absolute atomic E-state index is 0.00672. The number of nitrogens with zero attached hydrogens (tertiary/aromatic N) is 1. The monoisotopic (exact) mass is 295 g/mol. The summed E-state index contributed by atoms with van der Waals surface area (Å²) in [6.07, 6.45) is 2.30. The summed E-state index contributed by atoms with van der Waals surface area (Å²) in [4.78, 5) is 14.2. The fourth-order valence-electron chi connectivity index (χ4n) is 1.93. The molecule has 1 heterocycles. The molecular formula is C15H18ClNO3. The van der Waals surface area contributed by atoms with Crippen LogP contribution in [0.15, 0.2) is 33.7 Å². The summed E-state index contributed by atoms with van der Waals surface area (Å²) in [5.74, 6) is 1.25. The molecule has 0 amide bonds. The molecular weight excluding hydrogens is 278 g/mol. The zero-order chi connectivity index (χ0) is 14.5. The Bertz CT molecular complexity index is 637. The molecule has 0 atom stereocenters. The molecule has 2 aromatic rings. The second-order valence-electron chi connectivity index (χ2n) is 4.88. The van der Waals surface area contributed by atoms with Gasteiger partial charge in [-0.05, 0) is 32.6 Å². The lowest BCUT2D eigenvalue weighted by Gasteiger charge is -2.09. The fraction of sp³-hybridized carbons (Fsp3) is 0.400. The Morgan fingerprint density at radius 2 is 2.15 bits per heavy atom. The summed E-state index contributed by atoms with van der Waals surface area (Å²) in [5.41, 5.74) is 1.20. The van der Waals surface area contributed by atoms with E-state index in [4.69, 9.17) is 20.8 Å². The molecule has 0 N–H and O–H groups in total. The van der Waals surface area contributed by atoms with E-state index in [1.807, 2.05) is 19.0 Å². The fourth-order valence-corrected chi connectivity index (χ4v) is 2.04. The maximum absolute atomic E-state index is 12.3. The van der Waals surface area contributed by atoms with Crippen molar-refractivity contribution < 1.29 is 9.15 Å². The highest BCUT2D eigenvalue weighted by atomic mass is 35.5. The number of rotatable bonds is 6.